The van der Waals surface area contributed by atoms with Crippen molar-refractivity contribution in [1.82, 2.24) is 9.97 Å². The van der Waals surface area contributed by atoms with Crippen LogP contribution in [0.4, 0.5) is 10.1 Å². The Kier molecular flexibility index (Phi) is 3.81. The van der Waals surface area contributed by atoms with Crippen LogP contribution < -0.4 is 4.72 Å². The Balaban J connectivity index is 1.92. The number of hydrogen-bond donors (Lipinski definition) is 2. The van der Waals surface area contributed by atoms with Gasteiger partial charge in [-0.2, -0.15) is 0 Å². The van der Waals surface area contributed by atoms with E-state index in [0.29, 0.717) is 5.69 Å². The van der Waals surface area contributed by atoms with Gasteiger partial charge in [0.25, 0.3) is 10.0 Å². The third-order valence-corrected chi connectivity index (χ3v) is 4.82. The Labute approximate surface area is 133 Å². The number of benzene rings is 2. The van der Waals surface area contributed by atoms with E-state index < -0.39 is 15.8 Å². The smallest absolute Gasteiger partial charge is 0.261 e. The molecule has 23 heavy (non-hydrogen) atoms. The molecule has 0 saturated carbocycles. The van der Waals surface area contributed by atoms with Crippen molar-refractivity contribution in [1.29, 1.82) is 0 Å². The normalized spacial score (nSPS) is 12.0. The van der Waals surface area contributed by atoms with E-state index >= 15 is 0 Å². The molecule has 2 N–H and O–H groups in total. The van der Waals surface area contributed by atoms with E-state index in [1.165, 1.54) is 12.1 Å². The Morgan fingerprint density at radius 3 is 2.48 bits per heavy atom. The Hall–Kier alpha value is -2.41. The highest BCUT2D eigenvalue weighted by atomic mass is 32.2. The van der Waals surface area contributed by atoms with E-state index in [0.717, 1.165) is 29.0 Å². The maximum absolute atomic E-state index is 12.9. The minimum atomic E-state index is -3.76. The zero-order valence-corrected chi connectivity index (χ0v) is 13.5. The molecule has 0 amide bonds. The van der Waals surface area contributed by atoms with E-state index in [9.17, 15) is 12.8 Å². The van der Waals surface area contributed by atoms with Crippen LogP contribution in [-0.4, -0.2) is 18.4 Å². The highest BCUT2D eigenvalue weighted by Gasteiger charge is 2.15. The van der Waals surface area contributed by atoms with Crippen molar-refractivity contribution in [3.8, 4) is 0 Å². The summed E-state index contributed by atoms with van der Waals surface area (Å²) in [5, 5.41) is 0. The number of hydrogen-bond acceptors (Lipinski definition) is 3. The first kappa shape index (κ1) is 15.5. The number of nitrogens with zero attached hydrogens (tertiary/aromatic N) is 1. The lowest BCUT2D eigenvalue weighted by Gasteiger charge is -2.08. The molecular formula is C16H16FN3O2S. The summed E-state index contributed by atoms with van der Waals surface area (Å²) in [6.45, 7) is 4.05. The van der Waals surface area contributed by atoms with Crippen LogP contribution in [0, 0.1) is 5.82 Å². The first-order valence-corrected chi connectivity index (χ1v) is 8.61. The topological polar surface area (TPSA) is 74.8 Å². The standard InChI is InChI=1S/C16H16FN3O2S/c1-10(2)16-18-14-8-5-12(9-15(14)19-16)20-23(21,22)13-6-3-11(17)4-7-13/h3-10,20H,1-2H3,(H,18,19). The van der Waals surface area contributed by atoms with Crippen LogP contribution in [0.15, 0.2) is 47.4 Å². The lowest BCUT2D eigenvalue weighted by molar-refractivity contribution is 0.599. The van der Waals surface area contributed by atoms with Crippen molar-refractivity contribution in [3.05, 3.63) is 54.1 Å². The minimum Gasteiger partial charge on any atom is -0.342 e. The molecule has 120 valence electrons. The Morgan fingerprint density at radius 1 is 1.13 bits per heavy atom. The molecule has 0 bridgehead atoms. The fraction of sp³-hybridized carbons (Fsp3) is 0.188. The second-order valence-corrected chi connectivity index (χ2v) is 7.25. The molecule has 0 aliphatic carbocycles. The number of aromatic nitrogens is 2. The molecule has 0 fully saturated rings. The molecular weight excluding hydrogens is 317 g/mol. The van der Waals surface area contributed by atoms with Crippen molar-refractivity contribution in [2.24, 2.45) is 0 Å². The Bertz CT molecular complexity index is 947. The van der Waals surface area contributed by atoms with E-state index in [-0.39, 0.29) is 10.8 Å². The van der Waals surface area contributed by atoms with Crippen molar-refractivity contribution in [2.45, 2.75) is 24.7 Å². The largest absolute Gasteiger partial charge is 0.342 e. The van der Waals surface area contributed by atoms with Gasteiger partial charge in [-0.15, -0.1) is 0 Å². The lowest BCUT2D eigenvalue weighted by atomic mass is 10.2. The van der Waals surface area contributed by atoms with Crippen molar-refractivity contribution >= 4 is 26.7 Å². The average molecular weight is 333 g/mol. The molecule has 5 nitrogen and oxygen atoms in total. The summed E-state index contributed by atoms with van der Waals surface area (Å²) < 4.78 is 40.0. The van der Waals surface area contributed by atoms with Crippen molar-refractivity contribution < 1.29 is 12.8 Å². The third kappa shape index (κ3) is 3.19. The zero-order valence-electron chi connectivity index (χ0n) is 12.7. The average Bonchev–Trinajstić information content (AvgIpc) is 2.90. The number of halogens is 1. The number of nitrogens with one attached hydrogen (secondary N) is 2. The molecule has 2 aromatic carbocycles. The number of aromatic amines is 1. The number of fused-ring (bicyclic) bond motifs is 1. The summed E-state index contributed by atoms with van der Waals surface area (Å²) in [6, 6.07) is 9.76. The molecule has 0 unspecified atom stereocenters. The molecule has 1 heterocycles. The first-order valence-electron chi connectivity index (χ1n) is 7.13. The fourth-order valence-corrected chi connectivity index (χ4v) is 3.24. The van der Waals surface area contributed by atoms with Crippen LogP contribution in [0.25, 0.3) is 11.0 Å². The van der Waals surface area contributed by atoms with Crippen LogP contribution >= 0.6 is 0 Å². The summed E-state index contributed by atoms with van der Waals surface area (Å²) in [4.78, 5) is 7.62. The van der Waals surface area contributed by atoms with Gasteiger partial charge in [0.15, 0.2) is 0 Å². The number of anilines is 1. The lowest BCUT2D eigenvalue weighted by Crippen LogP contribution is -2.12. The van der Waals surface area contributed by atoms with Gasteiger partial charge in [-0.05, 0) is 42.5 Å². The molecule has 0 spiro atoms. The van der Waals surface area contributed by atoms with Gasteiger partial charge in [-0.3, -0.25) is 4.72 Å². The summed E-state index contributed by atoms with van der Waals surface area (Å²) in [5.41, 5.74) is 1.95. The van der Waals surface area contributed by atoms with Crippen LogP contribution in [0.2, 0.25) is 0 Å². The number of imidazole rings is 1. The maximum Gasteiger partial charge on any atom is 0.261 e. The molecule has 3 aromatic rings. The summed E-state index contributed by atoms with van der Waals surface area (Å²) in [7, 11) is -3.76. The molecule has 7 heteroatoms. The number of sulfonamides is 1. The van der Waals surface area contributed by atoms with Gasteiger partial charge >= 0.3 is 0 Å². The van der Waals surface area contributed by atoms with Gasteiger partial charge in [0.1, 0.15) is 11.6 Å². The predicted octanol–water partition coefficient (Wildman–Crippen LogP) is 3.63. The number of rotatable bonds is 4. The second kappa shape index (κ2) is 5.66. The summed E-state index contributed by atoms with van der Waals surface area (Å²) >= 11 is 0. The highest BCUT2D eigenvalue weighted by Crippen LogP contribution is 2.22. The highest BCUT2D eigenvalue weighted by molar-refractivity contribution is 7.92. The van der Waals surface area contributed by atoms with Gasteiger partial charge in [-0.1, -0.05) is 13.8 Å². The van der Waals surface area contributed by atoms with E-state index in [2.05, 4.69) is 14.7 Å². The quantitative estimate of drug-likeness (QED) is 0.765. The third-order valence-electron chi connectivity index (χ3n) is 3.42. The van der Waals surface area contributed by atoms with Gasteiger partial charge in [0.2, 0.25) is 0 Å². The van der Waals surface area contributed by atoms with Crippen molar-refractivity contribution in [2.75, 3.05) is 4.72 Å². The maximum atomic E-state index is 12.9. The van der Waals surface area contributed by atoms with Crippen LogP contribution in [-0.2, 0) is 10.0 Å². The number of H-pyrrole nitrogens is 1. The van der Waals surface area contributed by atoms with E-state index in [1.54, 1.807) is 18.2 Å². The minimum absolute atomic E-state index is 0.00600. The molecule has 0 atom stereocenters. The Morgan fingerprint density at radius 2 is 1.83 bits per heavy atom. The van der Waals surface area contributed by atoms with Gasteiger partial charge < -0.3 is 4.98 Å². The van der Waals surface area contributed by atoms with Gasteiger partial charge in [0, 0.05) is 5.92 Å². The monoisotopic (exact) mass is 333 g/mol. The molecule has 0 aliphatic rings. The fourth-order valence-electron chi connectivity index (χ4n) is 2.19. The predicted molar refractivity (Wildman–Crippen MR) is 87.4 cm³/mol. The van der Waals surface area contributed by atoms with Crippen LogP contribution in [0.3, 0.4) is 0 Å². The van der Waals surface area contributed by atoms with Gasteiger partial charge in [-0.25, -0.2) is 17.8 Å². The van der Waals surface area contributed by atoms with Gasteiger partial charge in [0.05, 0.1) is 21.6 Å². The van der Waals surface area contributed by atoms with Crippen LogP contribution in [0.1, 0.15) is 25.6 Å². The van der Waals surface area contributed by atoms with Crippen molar-refractivity contribution in [3.63, 3.8) is 0 Å². The van der Waals surface area contributed by atoms with E-state index in [4.69, 9.17) is 0 Å². The van der Waals surface area contributed by atoms with Crippen LogP contribution in [0.5, 0.6) is 0 Å². The molecule has 3 rings (SSSR count). The molecule has 0 aliphatic heterocycles. The van der Waals surface area contributed by atoms with E-state index in [1.807, 2.05) is 13.8 Å². The summed E-state index contributed by atoms with van der Waals surface area (Å²) in [6.07, 6.45) is 0. The zero-order chi connectivity index (χ0) is 16.6. The first-order chi connectivity index (χ1) is 10.8. The molecule has 0 saturated heterocycles. The molecule has 0 radical (unpaired) electrons. The SMILES string of the molecule is CC(C)c1nc2ccc(NS(=O)(=O)c3ccc(F)cc3)cc2[nH]1. The summed E-state index contributed by atoms with van der Waals surface area (Å²) in [5.74, 6) is 0.615. The second-order valence-electron chi connectivity index (χ2n) is 5.57. The molecule has 1 aromatic heterocycles.